The molecule has 0 aliphatic carbocycles. The van der Waals surface area contributed by atoms with Gasteiger partial charge in [0, 0.05) is 19.5 Å². The Morgan fingerprint density at radius 1 is 1.17 bits per heavy atom. The predicted molar refractivity (Wildman–Crippen MR) is 93.9 cm³/mol. The lowest BCUT2D eigenvalue weighted by molar-refractivity contribution is -0.140. The molecule has 0 aromatic heterocycles. The van der Waals surface area contributed by atoms with Crippen LogP contribution in [0.1, 0.15) is 51.7 Å². The third-order valence-corrected chi connectivity index (χ3v) is 3.92. The maximum absolute atomic E-state index is 12.5. The minimum atomic E-state index is -0.465. The highest BCUT2D eigenvalue weighted by atomic mass is 16.2. The quantitative estimate of drug-likeness (QED) is 0.799. The van der Waals surface area contributed by atoms with Crippen LogP contribution in [0.3, 0.4) is 0 Å². The molecule has 0 spiro atoms. The van der Waals surface area contributed by atoms with Crippen LogP contribution in [0, 0.1) is 12.8 Å². The number of amides is 2. The third-order valence-electron chi connectivity index (χ3n) is 3.92. The Balaban J connectivity index is 2.89. The van der Waals surface area contributed by atoms with E-state index in [2.05, 4.69) is 19.2 Å². The molecule has 0 fully saturated rings. The van der Waals surface area contributed by atoms with Crippen molar-refractivity contribution in [2.75, 3.05) is 6.54 Å². The molecule has 1 atom stereocenters. The topological polar surface area (TPSA) is 49.4 Å². The summed E-state index contributed by atoms with van der Waals surface area (Å²) in [6.45, 7) is 11.0. The molecule has 0 unspecified atom stereocenters. The van der Waals surface area contributed by atoms with Crippen LogP contribution in [0.25, 0.3) is 0 Å². The summed E-state index contributed by atoms with van der Waals surface area (Å²) in [4.78, 5) is 26.6. The maximum atomic E-state index is 12.5. The first-order valence-corrected chi connectivity index (χ1v) is 8.48. The Hall–Kier alpha value is -1.84. The van der Waals surface area contributed by atoms with E-state index in [4.69, 9.17) is 0 Å². The minimum Gasteiger partial charge on any atom is -0.354 e. The van der Waals surface area contributed by atoms with Gasteiger partial charge in [-0.2, -0.15) is 0 Å². The van der Waals surface area contributed by atoms with Crippen LogP contribution in [0.15, 0.2) is 24.3 Å². The average Bonchev–Trinajstić information content (AvgIpc) is 2.51. The van der Waals surface area contributed by atoms with E-state index in [1.807, 2.05) is 45.0 Å². The Labute approximate surface area is 140 Å². The normalized spacial score (nSPS) is 12.1. The summed E-state index contributed by atoms with van der Waals surface area (Å²) >= 11 is 0. The van der Waals surface area contributed by atoms with E-state index in [0.717, 1.165) is 17.5 Å². The Morgan fingerprint density at radius 2 is 1.83 bits per heavy atom. The van der Waals surface area contributed by atoms with Gasteiger partial charge in [-0.1, -0.05) is 45.0 Å². The van der Waals surface area contributed by atoms with Crippen LogP contribution in [-0.2, 0) is 16.1 Å². The van der Waals surface area contributed by atoms with Crippen molar-refractivity contribution >= 4 is 11.8 Å². The van der Waals surface area contributed by atoms with Crippen molar-refractivity contribution < 1.29 is 9.59 Å². The van der Waals surface area contributed by atoms with Gasteiger partial charge in [-0.15, -0.1) is 0 Å². The molecule has 1 aromatic rings. The first-order valence-electron chi connectivity index (χ1n) is 8.48. The second kappa shape index (κ2) is 9.33. The van der Waals surface area contributed by atoms with Crippen molar-refractivity contribution in [2.24, 2.45) is 5.92 Å². The lowest BCUT2D eigenvalue weighted by Gasteiger charge is -2.29. The van der Waals surface area contributed by atoms with Crippen molar-refractivity contribution in [3.63, 3.8) is 0 Å². The van der Waals surface area contributed by atoms with Crippen LogP contribution in [-0.4, -0.2) is 29.3 Å². The van der Waals surface area contributed by atoms with Gasteiger partial charge in [-0.25, -0.2) is 0 Å². The molecule has 1 N–H and O–H groups in total. The average molecular weight is 318 g/mol. The largest absolute Gasteiger partial charge is 0.354 e. The molecule has 1 aromatic carbocycles. The van der Waals surface area contributed by atoms with Crippen LogP contribution >= 0.6 is 0 Å². The number of carbonyl (C=O) groups excluding carboxylic acids is 2. The lowest BCUT2D eigenvalue weighted by Crippen LogP contribution is -2.48. The van der Waals surface area contributed by atoms with Gasteiger partial charge >= 0.3 is 0 Å². The van der Waals surface area contributed by atoms with Crippen LogP contribution in [0.4, 0.5) is 0 Å². The fraction of sp³-hybridized carbons (Fsp3) is 0.579. The number of nitrogens with zero attached hydrogens (tertiary/aromatic N) is 1. The monoisotopic (exact) mass is 318 g/mol. The summed E-state index contributed by atoms with van der Waals surface area (Å²) in [7, 11) is 0. The highest BCUT2D eigenvalue weighted by Gasteiger charge is 2.25. The van der Waals surface area contributed by atoms with E-state index in [0.29, 0.717) is 25.4 Å². The molecule has 0 saturated carbocycles. The Bertz CT molecular complexity index is 526. The van der Waals surface area contributed by atoms with Gasteiger partial charge in [0.15, 0.2) is 0 Å². The standard InChI is InChI=1S/C19H30N2O2/c1-6-9-18(22)21(13-17-11-8-7-10-15(17)4)16(5)19(23)20-12-14(2)3/h7-8,10-11,14,16H,6,9,12-13H2,1-5H3,(H,20,23)/t16-/m0/s1. The van der Waals surface area contributed by atoms with E-state index < -0.39 is 6.04 Å². The minimum absolute atomic E-state index is 0.0305. The van der Waals surface area contributed by atoms with Crippen LogP contribution in [0.2, 0.25) is 0 Å². The Kier molecular flexibility index (Phi) is 7.79. The summed E-state index contributed by atoms with van der Waals surface area (Å²) in [6, 6.07) is 7.53. The van der Waals surface area contributed by atoms with Gasteiger partial charge < -0.3 is 10.2 Å². The van der Waals surface area contributed by atoms with Gasteiger partial charge in [-0.05, 0) is 37.3 Å². The molecule has 2 amide bonds. The third kappa shape index (κ3) is 6.05. The van der Waals surface area contributed by atoms with Crippen molar-refractivity contribution in [3.8, 4) is 0 Å². The van der Waals surface area contributed by atoms with Gasteiger partial charge in [0.2, 0.25) is 11.8 Å². The molecular weight excluding hydrogens is 288 g/mol. The lowest BCUT2D eigenvalue weighted by atomic mass is 10.1. The zero-order valence-electron chi connectivity index (χ0n) is 15.1. The summed E-state index contributed by atoms with van der Waals surface area (Å²) in [6.07, 6.45) is 1.25. The molecule has 0 heterocycles. The highest BCUT2D eigenvalue weighted by molar-refractivity contribution is 5.87. The van der Waals surface area contributed by atoms with E-state index in [1.165, 1.54) is 0 Å². The van der Waals surface area contributed by atoms with Gasteiger partial charge in [0.05, 0.1) is 0 Å². The van der Waals surface area contributed by atoms with Crippen molar-refractivity contribution in [2.45, 2.75) is 60.0 Å². The molecule has 0 aliphatic rings. The molecule has 0 saturated heterocycles. The van der Waals surface area contributed by atoms with Crippen LogP contribution < -0.4 is 5.32 Å². The summed E-state index contributed by atoms with van der Waals surface area (Å²) in [5, 5.41) is 2.93. The fourth-order valence-electron chi connectivity index (χ4n) is 2.36. The van der Waals surface area contributed by atoms with E-state index in [9.17, 15) is 9.59 Å². The molecule has 0 radical (unpaired) electrons. The molecule has 4 heteroatoms. The number of hydrogen-bond donors (Lipinski definition) is 1. The zero-order valence-corrected chi connectivity index (χ0v) is 15.1. The van der Waals surface area contributed by atoms with Crippen molar-refractivity contribution in [1.82, 2.24) is 10.2 Å². The van der Waals surface area contributed by atoms with Crippen molar-refractivity contribution in [1.29, 1.82) is 0 Å². The highest BCUT2D eigenvalue weighted by Crippen LogP contribution is 2.15. The van der Waals surface area contributed by atoms with Gasteiger partial charge in [0.25, 0.3) is 0 Å². The molecule has 0 aliphatic heterocycles. The van der Waals surface area contributed by atoms with E-state index in [1.54, 1.807) is 4.90 Å². The van der Waals surface area contributed by atoms with E-state index in [-0.39, 0.29) is 11.8 Å². The van der Waals surface area contributed by atoms with E-state index >= 15 is 0 Å². The number of carbonyl (C=O) groups is 2. The molecular formula is C19H30N2O2. The second-order valence-electron chi connectivity index (χ2n) is 6.51. The number of nitrogens with one attached hydrogen (secondary N) is 1. The number of aryl methyl sites for hydroxylation is 1. The maximum Gasteiger partial charge on any atom is 0.242 e. The smallest absolute Gasteiger partial charge is 0.242 e. The fourth-order valence-corrected chi connectivity index (χ4v) is 2.36. The summed E-state index contributed by atoms with van der Waals surface area (Å²) in [5.41, 5.74) is 2.22. The van der Waals surface area contributed by atoms with Crippen LogP contribution in [0.5, 0.6) is 0 Å². The molecule has 1 rings (SSSR count). The van der Waals surface area contributed by atoms with Gasteiger partial charge in [-0.3, -0.25) is 9.59 Å². The molecule has 128 valence electrons. The molecule has 4 nitrogen and oxygen atoms in total. The van der Waals surface area contributed by atoms with Gasteiger partial charge in [0.1, 0.15) is 6.04 Å². The first-order chi connectivity index (χ1) is 10.9. The summed E-state index contributed by atoms with van der Waals surface area (Å²) in [5.74, 6) is 0.335. The number of benzene rings is 1. The number of rotatable bonds is 8. The zero-order chi connectivity index (χ0) is 17.4. The SMILES string of the molecule is CCCC(=O)N(Cc1ccccc1C)[C@@H](C)C(=O)NCC(C)C. The number of hydrogen-bond acceptors (Lipinski definition) is 2. The predicted octanol–water partition coefficient (Wildman–Crippen LogP) is 3.28. The molecule has 0 bridgehead atoms. The molecule has 23 heavy (non-hydrogen) atoms. The summed E-state index contributed by atoms with van der Waals surface area (Å²) < 4.78 is 0. The second-order valence-corrected chi connectivity index (χ2v) is 6.51. The first kappa shape index (κ1) is 19.2. The Morgan fingerprint density at radius 3 is 2.39 bits per heavy atom. The van der Waals surface area contributed by atoms with Crippen molar-refractivity contribution in [3.05, 3.63) is 35.4 Å².